The molecule has 2 nitrogen and oxygen atoms in total. The van der Waals surface area contributed by atoms with Gasteiger partial charge in [-0.15, -0.1) is 11.3 Å². The molecule has 1 saturated heterocycles. The largest absolute Gasteiger partial charge is 0.311 e. The van der Waals surface area contributed by atoms with Gasteiger partial charge < -0.3 is 5.32 Å². The van der Waals surface area contributed by atoms with Crippen LogP contribution in [0.5, 0.6) is 0 Å². The van der Waals surface area contributed by atoms with E-state index in [-0.39, 0.29) is 0 Å². The van der Waals surface area contributed by atoms with E-state index < -0.39 is 0 Å². The van der Waals surface area contributed by atoms with Gasteiger partial charge in [0.2, 0.25) is 0 Å². The van der Waals surface area contributed by atoms with Gasteiger partial charge in [-0.3, -0.25) is 4.98 Å². The molecule has 0 bridgehead atoms. The highest BCUT2D eigenvalue weighted by molar-refractivity contribution is 7.09. The van der Waals surface area contributed by atoms with Gasteiger partial charge in [0.1, 0.15) is 0 Å². The fraction of sp³-hybridized carbons (Fsp3) is 0.750. The van der Waals surface area contributed by atoms with Crippen LogP contribution in [0.25, 0.3) is 0 Å². The third-order valence-electron chi connectivity index (χ3n) is 3.13. The van der Waals surface area contributed by atoms with Crippen molar-refractivity contribution >= 4 is 11.3 Å². The minimum Gasteiger partial charge on any atom is -0.311 e. The molecule has 1 aliphatic heterocycles. The molecule has 1 fully saturated rings. The lowest BCUT2D eigenvalue weighted by Crippen LogP contribution is -2.42. The Kier molecular flexibility index (Phi) is 3.42. The topological polar surface area (TPSA) is 24.9 Å². The van der Waals surface area contributed by atoms with Gasteiger partial charge in [0.15, 0.2) is 0 Å². The van der Waals surface area contributed by atoms with Crippen molar-refractivity contribution in [1.82, 2.24) is 10.3 Å². The van der Waals surface area contributed by atoms with Gasteiger partial charge in [-0.05, 0) is 31.7 Å². The molecule has 0 aromatic carbocycles. The van der Waals surface area contributed by atoms with Crippen LogP contribution >= 0.6 is 11.3 Å². The van der Waals surface area contributed by atoms with Crippen LogP contribution in [0, 0.1) is 5.92 Å². The van der Waals surface area contributed by atoms with Crippen LogP contribution in [-0.2, 0) is 6.42 Å². The monoisotopic (exact) mass is 224 g/mol. The Morgan fingerprint density at radius 1 is 1.60 bits per heavy atom. The van der Waals surface area contributed by atoms with Crippen molar-refractivity contribution in [2.24, 2.45) is 5.92 Å². The molecule has 1 aromatic heterocycles. The summed E-state index contributed by atoms with van der Waals surface area (Å²) < 4.78 is 0. The summed E-state index contributed by atoms with van der Waals surface area (Å²) in [6, 6.07) is 0. The van der Waals surface area contributed by atoms with E-state index in [4.69, 9.17) is 0 Å². The summed E-state index contributed by atoms with van der Waals surface area (Å²) in [5.74, 6) is 0.767. The van der Waals surface area contributed by atoms with E-state index in [2.05, 4.69) is 24.1 Å². The van der Waals surface area contributed by atoms with E-state index >= 15 is 0 Å². The van der Waals surface area contributed by atoms with Gasteiger partial charge in [0.05, 0.1) is 5.51 Å². The highest BCUT2D eigenvalue weighted by Crippen LogP contribution is 2.31. The first-order chi connectivity index (χ1) is 7.20. The summed E-state index contributed by atoms with van der Waals surface area (Å²) in [4.78, 5) is 5.59. The highest BCUT2D eigenvalue weighted by atomic mass is 32.1. The van der Waals surface area contributed by atoms with Gasteiger partial charge in [0.25, 0.3) is 0 Å². The maximum absolute atomic E-state index is 4.17. The van der Waals surface area contributed by atoms with Crippen molar-refractivity contribution in [1.29, 1.82) is 0 Å². The number of hydrogen-bond acceptors (Lipinski definition) is 3. The molecule has 3 heteroatoms. The summed E-state index contributed by atoms with van der Waals surface area (Å²) in [5, 5.41) is 3.72. The van der Waals surface area contributed by atoms with E-state index in [9.17, 15) is 0 Å². The maximum atomic E-state index is 4.17. The molecular formula is C12H20N2S. The van der Waals surface area contributed by atoms with Gasteiger partial charge in [0, 0.05) is 23.0 Å². The Labute approximate surface area is 96.1 Å². The average molecular weight is 224 g/mol. The molecule has 0 radical (unpaired) electrons. The number of aromatic nitrogens is 1. The third kappa shape index (κ3) is 2.79. The van der Waals surface area contributed by atoms with Crippen LogP contribution < -0.4 is 5.32 Å². The van der Waals surface area contributed by atoms with Crippen molar-refractivity contribution in [3.63, 3.8) is 0 Å². The van der Waals surface area contributed by atoms with Gasteiger partial charge >= 0.3 is 0 Å². The minimum atomic E-state index is 0.362. The fourth-order valence-electron chi connectivity index (χ4n) is 2.71. The number of nitrogens with zero attached hydrogens (tertiary/aromatic N) is 1. The first-order valence-electron chi connectivity index (χ1n) is 5.83. The number of nitrogens with one attached hydrogen (secondary N) is 1. The Balaban J connectivity index is 2.05. The normalized spacial score (nSPS) is 26.3. The lowest BCUT2D eigenvalue weighted by Gasteiger charge is -2.31. The predicted molar refractivity (Wildman–Crippen MR) is 65.2 cm³/mol. The average Bonchev–Trinajstić information content (AvgIpc) is 2.76. The molecule has 84 valence electrons. The Hall–Kier alpha value is -0.410. The summed E-state index contributed by atoms with van der Waals surface area (Å²) in [6.45, 7) is 5.81. The molecular weight excluding hydrogens is 204 g/mol. The summed E-state index contributed by atoms with van der Waals surface area (Å²) in [5.41, 5.74) is 2.30. The second-order valence-corrected chi connectivity index (χ2v) is 6.02. The number of rotatable bonds is 4. The number of thiazole rings is 1. The predicted octanol–water partition coefficient (Wildman–Crippen LogP) is 2.85. The zero-order chi connectivity index (χ0) is 10.7. The first kappa shape index (κ1) is 11.1. The van der Waals surface area contributed by atoms with E-state index in [1.165, 1.54) is 30.7 Å². The van der Waals surface area contributed by atoms with Crippen molar-refractivity contribution < 1.29 is 0 Å². The lowest BCUT2D eigenvalue weighted by atomic mass is 9.84. The van der Waals surface area contributed by atoms with Gasteiger partial charge in [-0.2, -0.15) is 0 Å². The van der Waals surface area contributed by atoms with E-state index in [1.54, 1.807) is 11.3 Å². The molecule has 0 saturated carbocycles. The van der Waals surface area contributed by atoms with Crippen LogP contribution in [0.4, 0.5) is 0 Å². The lowest BCUT2D eigenvalue weighted by molar-refractivity contribution is 0.303. The van der Waals surface area contributed by atoms with Crippen LogP contribution in [0.2, 0.25) is 0 Å². The van der Waals surface area contributed by atoms with Crippen LogP contribution in [-0.4, -0.2) is 17.1 Å². The quantitative estimate of drug-likeness (QED) is 0.850. The van der Waals surface area contributed by atoms with Crippen molar-refractivity contribution in [3.8, 4) is 0 Å². The first-order valence-corrected chi connectivity index (χ1v) is 6.71. The van der Waals surface area contributed by atoms with Gasteiger partial charge in [-0.1, -0.05) is 13.8 Å². The van der Waals surface area contributed by atoms with Crippen molar-refractivity contribution in [3.05, 3.63) is 16.6 Å². The van der Waals surface area contributed by atoms with Crippen LogP contribution in [0.15, 0.2) is 11.7 Å². The molecule has 1 aliphatic rings. The van der Waals surface area contributed by atoms with Crippen LogP contribution in [0.1, 0.15) is 38.0 Å². The fourth-order valence-corrected chi connectivity index (χ4v) is 3.45. The van der Waals surface area contributed by atoms with Crippen molar-refractivity contribution in [2.45, 2.75) is 45.1 Å². The van der Waals surface area contributed by atoms with E-state index in [0.717, 1.165) is 12.3 Å². The van der Waals surface area contributed by atoms with E-state index in [1.807, 2.05) is 11.7 Å². The molecule has 0 aliphatic carbocycles. The highest BCUT2D eigenvalue weighted by Gasteiger charge is 2.34. The smallest absolute Gasteiger partial charge is 0.0794 e. The summed E-state index contributed by atoms with van der Waals surface area (Å²) in [6.07, 6.45) is 7.11. The third-order valence-corrected chi connectivity index (χ3v) is 3.91. The molecule has 1 atom stereocenters. The Bertz CT molecular complexity index is 287. The molecule has 1 N–H and O–H groups in total. The Morgan fingerprint density at radius 3 is 3.00 bits per heavy atom. The minimum absolute atomic E-state index is 0.362. The molecule has 2 rings (SSSR count). The second kappa shape index (κ2) is 4.62. The van der Waals surface area contributed by atoms with E-state index in [0.29, 0.717) is 5.54 Å². The zero-order valence-electron chi connectivity index (χ0n) is 9.62. The number of hydrogen-bond donors (Lipinski definition) is 1. The summed E-state index contributed by atoms with van der Waals surface area (Å²) >= 11 is 1.78. The van der Waals surface area contributed by atoms with Crippen molar-refractivity contribution in [2.75, 3.05) is 6.54 Å². The zero-order valence-corrected chi connectivity index (χ0v) is 10.4. The Morgan fingerprint density at radius 2 is 2.47 bits per heavy atom. The molecule has 2 heterocycles. The van der Waals surface area contributed by atoms with Gasteiger partial charge in [-0.25, -0.2) is 0 Å². The standard InChI is InChI=1S/C12H20N2S/c1-10(2)6-12(4-3-5-14-12)7-11-8-13-9-15-11/h8-10,14H,3-7H2,1-2H3. The summed E-state index contributed by atoms with van der Waals surface area (Å²) in [7, 11) is 0. The SMILES string of the molecule is CC(C)CC1(Cc2cncs2)CCCN1. The maximum Gasteiger partial charge on any atom is 0.0794 e. The molecule has 1 unspecified atom stereocenters. The molecule has 0 amide bonds. The van der Waals surface area contributed by atoms with Crippen LogP contribution in [0.3, 0.4) is 0 Å². The molecule has 1 aromatic rings. The molecule has 15 heavy (non-hydrogen) atoms. The molecule has 0 spiro atoms. The second-order valence-electron chi connectivity index (χ2n) is 5.05.